The van der Waals surface area contributed by atoms with Crippen molar-refractivity contribution >= 4 is 23.3 Å². The summed E-state index contributed by atoms with van der Waals surface area (Å²) in [6.45, 7) is 0.729. The molecule has 1 saturated heterocycles. The fourth-order valence-electron chi connectivity index (χ4n) is 2.94. The van der Waals surface area contributed by atoms with Crippen LogP contribution in [0.25, 0.3) is 5.65 Å². The van der Waals surface area contributed by atoms with Gasteiger partial charge in [0, 0.05) is 42.8 Å². The number of carbonyl (C=O) groups excluding carboxylic acids is 1. The molecule has 1 amide bonds. The molecule has 0 N–H and O–H groups in total. The van der Waals surface area contributed by atoms with E-state index >= 15 is 0 Å². The van der Waals surface area contributed by atoms with Gasteiger partial charge in [0.1, 0.15) is 0 Å². The van der Waals surface area contributed by atoms with Gasteiger partial charge in [0.15, 0.2) is 11.3 Å². The van der Waals surface area contributed by atoms with Crippen LogP contribution >= 0.6 is 11.8 Å². The topological polar surface area (TPSA) is 50.5 Å². The summed E-state index contributed by atoms with van der Waals surface area (Å²) in [5.74, 6) is 1.82. The molecule has 0 spiro atoms. The quantitative estimate of drug-likeness (QED) is 0.727. The van der Waals surface area contributed by atoms with Gasteiger partial charge in [-0.25, -0.2) is 9.97 Å². The highest BCUT2D eigenvalue weighted by molar-refractivity contribution is 7.99. The lowest BCUT2D eigenvalue weighted by atomic mass is 10.1. The van der Waals surface area contributed by atoms with E-state index in [0.717, 1.165) is 18.1 Å². The summed E-state index contributed by atoms with van der Waals surface area (Å²) >= 11 is 1.88. The number of hydrogen-bond acceptors (Lipinski definition) is 4. The minimum absolute atomic E-state index is 0.0454. The predicted octanol–water partition coefficient (Wildman–Crippen LogP) is 2.66. The second-order valence-corrected chi connectivity index (χ2v) is 6.58. The molecule has 0 saturated carbocycles. The third kappa shape index (κ3) is 2.59. The molecule has 116 valence electrons. The van der Waals surface area contributed by atoms with Crippen LogP contribution in [0.4, 0.5) is 0 Å². The molecular weight excluding hydrogens is 308 g/mol. The molecule has 1 atom stereocenters. The number of imidazole rings is 1. The number of hydrogen-bond donors (Lipinski definition) is 0. The molecule has 3 aromatic rings. The predicted molar refractivity (Wildman–Crippen MR) is 90.5 cm³/mol. The zero-order chi connectivity index (χ0) is 15.6. The minimum atomic E-state index is -0.0454. The molecule has 4 rings (SSSR count). The smallest absolute Gasteiger partial charge is 0.276 e. The van der Waals surface area contributed by atoms with Crippen molar-refractivity contribution in [3.63, 3.8) is 0 Å². The van der Waals surface area contributed by atoms with Gasteiger partial charge in [-0.1, -0.05) is 30.3 Å². The highest BCUT2D eigenvalue weighted by Crippen LogP contribution is 2.30. The van der Waals surface area contributed by atoms with Crippen LogP contribution in [0, 0.1) is 0 Å². The lowest BCUT2D eigenvalue weighted by molar-refractivity contribution is 0.0697. The zero-order valence-electron chi connectivity index (χ0n) is 12.5. The second-order valence-electron chi connectivity index (χ2n) is 5.43. The molecule has 0 radical (unpaired) electrons. The number of fused-ring (bicyclic) bond motifs is 1. The number of rotatable bonds is 2. The highest BCUT2D eigenvalue weighted by Gasteiger charge is 2.30. The molecule has 3 heterocycles. The zero-order valence-corrected chi connectivity index (χ0v) is 13.3. The molecule has 1 aliphatic rings. The summed E-state index contributed by atoms with van der Waals surface area (Å²) < 4.78 is 1.83. The SMILES string of the molecule is O=C(c1nccn2ccnc12)N1CCSC[C@@H]1c1ccccc1. The summed E-state index contributed by atoms with van der Waals surface area (Å²) in [5.41, 5.74) is 2.20. The van der Waals surface area contributed by atoms with E-state index in [2.05, 4.69) is 22.1 Å². The summed E-state index contributed by atoms with van der Waals surface area (Å²) in [7, 11) is 0. The minimum Gasteiger partial charge on any atom is -0.328 e. The van der Waals surface area contributed by atoms with Crippen molar-refractivity contribution < 1.29 is 4.79 Å². The van der Waals surface area contributed by atoms with Gasteiger partial charge in [0.25, 0.3) is 5.91 Å². The van der Waals surface area contributed by atoms with Crippen LogP contribution in [0.1, 0.15) is 22.1 Å². The van der Waals surface area contributed by atoms with Gasteiger partial charge in [-0.05, 0) is 5.56 Å². The van der Waals surface area contributed by atoms with Crippen LogP contribution in [-0.2, 0) is 0 Å². The maximum Gasteiger partial charge on any atom is 0.276 e. The molecule has 2 aromatic heterocycles. The molecule has 1 aliphatic heterocycles. The number of amides is 1. The van der Waals surface area contributed by atoms with Gasteiger partial charge in [0.05, 0.1) is 6.04 Å². The van der Waals surface area contributed by atoms with Crippen LogP contribution in [0.3, 0.4) is 0 Å². The average molecular weight is 324 g/mol. The van der Waals surface area contributed by atoms with Gasteiger partial charge in [-0.15, -0.1) is 0 Å². The van der Waals surface area contributed by atoms with Crippen molar-refractivity contribution in [1.82, 2.24) is 19.3 Å². The monoisotopic (exact) mass is 324 g/mol. The van der Waals surface area contributed by atoms with Crippen molar-refractivity contribution in [1.29, 1.82) is 0 Å². The van der Waals surface area contributed by atoms with Crippen LogP contribution in [-0.4, -0.2) is 43.2 Å². The summed E-state index contributed by atoms with van der Waals surface area (Å²) in [5, 5.41) is 0. The Hall–Kier alpha value is -2.34. The van der Waals surface area contributed by atoms with Crippen molar-refractivity contribution in [3.8, 4) is 0 Å². The molecule has 23 heavy (non-hydrogen) atoms. The van der Waals surface area contributed by atoms with E-state index in [0.29, 0.717) is 11.3 Å². The molecule has 0 aliphatic carbocycles. The van der Waals surface area contributed by atoms with E-state index in [4.69, 9.17) is 0 Å². The van der Waals surface area contributed by atoms with Gasteiger partial charge < -0.3 is 9.30 Å². The highest BCUT2D eigenvalue weighted by atomic mass is 32.2. The Balaban J connectivity index is 1.72. The van der Waals surface area contributed by atoms with Gasteiger partial charge in [-0.3, -0.25) is 4.79 Å². The van der Waals surface area contributed by atoms with E-state index in [-0.39, 0.29) is 11.9 Å². The summed E-state index contributed by atoms with van der Waals surface area (Å²) in [6, 6.07) is 10.3. The fraction of sp³-hybridized carbons (Fsp3) is 0.235. The third-order valence-corrected chi connectivity index (χ3v) is 5.11. The van der Waals surface area contributed by atoms with Crippen LogP contribution in [0.15, 0.2) is 55.1 Å². The van der Waals surface area contributed by atoms with Crippen molar-refractivity contribution in [3.05, 3.63) is 66.4 Å². The molecule has 1 fully saturated rings. The van der Waals surface area contributed by atoms with E-state index in [1.54, 1.807) is 18.6 Å². The normalized spacial score (nSPS) is 18.3. The number of nitrogens with zero attached hydrogens (tertiary/aromatic N) is 4. The Labute approximate surface area is 138 Å². The van der Waals surface area contributed by atoms with Crippen molar-refractivity contribution in [2.45, 2.75) is 6.04 Å². The van der Waals surface area contributed by atoms with Crippen molar-refractivity contribution in [2.24, 2.45) is 0 Å². The van der Waals surface area contributed by atoms with Crippen molar-refractivity contribution in [2.75, 3.05) is 18.1 Å². The fourth-order valence-corrected chi connectivity index (χ4v) is 4.03. The Kier molecular flexibility index (Phi) is 3.75. The van der Waals surface area contributed by atoms with Crippen LogP contribution < -0.4 is 0 Å². The first kappa shape index (κ1) is 14.3. The van der Waals surface area contributed by atoms with Gasteiger partial charge in [-0.2, -0.15) is 11.8 Å². The van der Waals surface area contributed by atoms with Crippen LogP contribution in [0.2, 0.25) is 0 Å². The first-order valence-corrected chi connectivity index (χ1v) is 8.71. The van der Waals surface area contributed by atoms with E-state index in [1.807, 2.05) is 45.5 Å². The molecular formula is C17H16N4OS. The summed E-state index contributed by atoms with van der Waals surface area (Å²) in [4.78, 5) is 23.6. The molecule has 1 aromatic carbocycles. The van der Waals surface area contributed by atoms with Gasteiger partial charge in [0.2, 0.25) is 0 Å². The number of carbonyl (C=O) groups is 1. The number of aromatic nitrogens is 3. The molecule has 0 unspecified atom stereocenters. The van der Waals surface area contributed by atoms with E-state index in [9.17, 15) is 4.79 Å². The first-order chi connectivity index (χ1) is 11.3. The Morgan fingerprint density at radius 2 is 1.91 bits per heavy atom. The maximum absolute atomic E-state index is 13.1. The first-order valence-electron chi connectivity index (χ1n) is 7.56. The summed E-state index contributed by atoms with van der Waals surface area (Å²) in [6.07, 6.45) is 6.97. The molecule has 6 heteroatoms. The van der Waals surface area contributed by atoms with Gasteiger partial charge >= 0.3 is 0 Å². The number of thioether (sulfide) groups is 1. The lowest BCUT2D eigenvalue weighted by Gasteiger charge is -2.35. The standard InChI is InChI=1S/C17H16N4OS/c22-17(15-16-19-7-9-20(16)8-6-18-15)21-10-11-23-12-14(21)13-4-2-1-3-5-13/h1-9,14H,10-12H2/t14-/m1/s1. The largest absolute Gasteiger partial charge is 0.328 e. The number of benzene rings is 1. The maximum atomic E-state index is 13.1. The Morgan fingerprint density at radius 3 is 2.74 bits per heavy atom. The lowest BCUT2D eigenvalue weighted by Crippen LogP contribution is -2.41. The average Bonchev–Trinajstić information content (AvgIpc) is 3.10. The third-order valence-electron chi connectivity index (χ3n) is 4.09. The molecule has 5 nitrogen and oxygen atoms in total. The van der Waals surface area contributed by atoms with E-state index < -0.39 is 0 Å². The Bertz CT molecular complexity index is 833. The van der Waals surface area contributed by atoms with Crippen LogP contribution in [0.5, 0.6) is 0 Å². The Morgan fingerprint density at radius 1 is 1.13 bits per heavy atom. The molecule has 0 bridgehead atoms. The van der Waals surface area contributed by atoms with E-state index in [1.165, 1.54) is 5.56 Å². The second kappa shape index (κ2) is 6.04.